The number of halogens is 3. The first-order valence-corrected chi connectivity index (χ1v) is 6.10. The molecule has 0 unspecified atom stereocenters. The summed E-state index contributed by atoms with van der Waals surface area (Å²) < 4.78 is 0. The Balaban J connectivity index is 2.34. The highest BCUT2D eigenvalue weighted by Gasteiger charge is 2.09. The van der Waals surface area contributed by atoms with Gasteiger partial charge in [-0.1, -0.05) is 47.1 Å². The van der Waals surface area contributed by atoms with Crippen LogP contribution in [-0.4, -0.2) is 15.2 Å². The van der Waals surface area contributed by atoms with Crippen LogP contribution in [0.3, 0.4) is 0 Å². The van der Waals surface area contributed by atoms with Crippen molar-refractivity contribution in [3.63, 3.8) is 0 Å². The van der Waals surface area contributed by atoms with E-state index in [-0.39, 0.29) is 10.4 Å². The van der Waals surface area contributed by atoms with Crippen LogP contribution in [0.5, 0.6) is 0 Å². The summed E-state index contributed by atoms with van der Waals surface area (Å²) in [6.45, 7) is 0. The second-order valence-electron chi connectivity index (χ2n) is 2.71. The Morgan fingerprint density at radius 3 is 2.50 bits per heavy atom. The summed E-state index contributed by atoms with van der Waals surface area (Å²) in [5.74, 6) is 0. The summed E-state index contributed by atoms with van der Waals surface area (Å²) in [7, 11) is 0. The van der Waals surface area contributed by atoms with Crippen LogP contribution in [0, 0.1) is 0 Å². The monoisotopic (exact) mass is 291 g/mol. The van der Waals surface area contributed by atoms with E-state index in [0.717, 1.165) is 4.90 Å². The highest BCUT2D eigenvalue weighted by Crippen LogP contribution is 2.34. The van der Waals surface area contributed by atoms with E-state index in [9.17, 15) is 0 Å². The Bertz CT molecular complexity index is 521. The highest BCUT2D eigenvalue weighted by molar-refractivity contribution is 7.99. The average molecular weight is 293 g/mol. The lowest BCUT2D eigenvalue weighted by Crippen LogP contribution is -1.91. The van der Waals surface area contributed by atoms with Crippen LogP contribution in [0.15, 0.2) is 34.2 Å². The minimum absolute atomic E-state index is 0.0546. The molecular weight excluding hydrogens is 289 g/mol. The van der Waals surface area contributed by atoms with Crippen molar-refractivity contribution in [2.45, 2.75) is 9.92 Å². The van der Waals surface area contributed by atoms with Gasteiger partial charge in [-0.25, -0.2) is 4.98 Å². The van der Waals surface area contributed by atoms with Crippen molar-refractivity contribution >= 4 is 46.6 Å². The van der Waals surface area contributed by atoms with Crippen molar-refractivity contribution in [2.24, 2.45) is 0 Å². The highest BCUT2D eigenvalue weighted by atomic mass is 35.5. The van der Waals surface area contributed by atoms with Gasteiger partial charge < -0.3 is 0 Å². The molecule has 3 nitrogen and oxygen atoms in total. The molecule has 0 fully saturated rings. The largest absolute Gasteiger partial charge is 0.244 e. The maximum Gasteiger partial charge on any atom is 0.244 e. The van der Waals surface area contributed by atoms with Gasteiger partial charge in [-0.15, -0.1) is 10.2 Å². The van der Waals surface area contributed by atoms with Gasteiger partial charge in [0.2, 0.25) is 5.28 Å². The summed E-state index contributed by atoms with van der Waals surface area (Å²) in [5, 5.41) is 8.55. The van der Waals surface area contributed by atoms with E-state index < -0.39 is 0 Å². The molecule has 2 aromatic rings. The van der Waals surface area contributed by atoms with E-state index in [1.54, 1.807) is 6.07 Å². The zero-order chi connectivity index (χ0) is 11.5. The maximum atomic E-state index is 6.01. The van der Waals surface area contributed by atoms with Crippen LogP contribution in [0.25, 0.3) is 0 Å². The minimum Gasteiger partial charge on any atom is -0.206 e. The third-order valence-electron chi connectivity index (χ3n) is 1.63. The molecule has 0 aliphatic rings. The lowest BCUT2D eigenvalue weighted by molar-refractivity contribution is 0.905. The number of hydrogen-bond acceptors (Lipinski definition) is 4. The summed E-state index contributed by atoms with van der Waals surface area (Å²) >= 11 is 18.8. The summed E-state index contributed by atoms with van der Waals surface area (Å²) in [6, 6.07) is 7.37. The molecule has 1 heterocycles. The minimum atomic E-state index is 0.0546. The van der Waals surface area contributed by atoms with Gasteiger partial charge in [-0.2, -0.15) is 0 Å². The standard InChI is InChI=1S/C9H4Cl3N3S/c10-5-3-1-2-4-6(5)16-8-7(11)14-15-9(12)13-8/h1-4H. The van der Waals surface area contributed by atoms with Gasteiger partial charge in [0.05, 0.1) is 5.02 Å². The average Bonchev–Trinajstić information content (AvgIpc) is 2.27. The summed E-state index contributed by atoms with van der Waals surface area (Å²) in [4.78, 5) is 4.81. The van der Waals surface area contributed by atoms with E-state index in [2.05, 4.69) is 15.2 Å². The Labute approximate surface area is 111 Å². The molecule has 82 valence electrons. The zero-order valence-corrected chi connectivity index (χ0v) is 10.8. The van der Waals surface area contributed by atoms with Crippen LogP contribution in [0.1, 0.15) is 0 Å². The molecule has 2 rings (SSSR count). The van der Waals surface area contributed by atoms with E-state index in [1.807, 2.05) is 18.2 Å². The SMILES string of the molecule is Clc1nnc(Cl)c(Sc2ccccc2Cl)n1. The Kier molecular flexibility index (Phi) is 3.86. The smallest absolute Gasteiger partial charge is 0.206 e. The van der Waals surface area contributed by atoms with E-state index in [1.165, 1.54) is 11.8 Å². The summed E-state index contributed by atoms with van der Waals surface area (Å²) in [5.41, 5.74) is 0. The van der Waals surface area contributed by atoms with Gasteiger partial charge in [0, 0.05) is 4.90 Å². The van der Waals surface area contributed by atoms with Gasteiger partial charge in [0.15, 0.2) is 5.15 Å². The van der Waals surface area contributed by atoms with E-state index >= 15 is 0 Å². The Morgan fingerprint density at radius 2 is 1.75 bits per heavy atom. The predicted octanol–water partition coefficient (Wildman–Crippen LogP) is 3.98. The fourth-order valence-corrected chi connectivity index (χ4v) is 2.37. The molecular formula is C9H4Cl3N3S. The number of benzene rings is 1. The normalized spacial score (nSPS) is 10.4. The zero-order valence-electron chi connectivity index (χ0n) is 7.69. The molecule has 7 heteroatoms. The molecule has 0 aliphatic heterocycles. The van der Waals surface area contributed by atoms with E-state index in [4.69, 9.17) is 34.8 Å². The maximum absolute atomic E-state index is 6.01. The van der Waals surface area contributed by atoms with Crippen LogP contribution in [0.4, 0.5) is 0 Å². The quantitative estimate of drug-likeness (QED) is 0.839. The molecule has 0 saturated carbocycles. The van der Waals surface area contributed by atoms with Crippen molar-refractivity contribution in [1.82, 2.24) is 15.2 Å². The van der Waals surface area contributed by atoms with Gasteiger partial charge in [-0.3, -0.25) is 0 Å². The molecule has 0 spiro atoms. The van der Waals surface area contributed by atoms with Crippen molar-refractivity contribution < 1.29 is 0 Å². The number of rotatable bonds is 2. The van der Waals surface area contributed by atoms with Crippen LogP contribution < -0.4 is 0 Å². The molecule has 0 aliphatic carbocycles. The Morgan fingerprint density at radius 1 is 1.00 bits per heavy atom. The fourth-order valence-electron chi connectivity index (χ4n) is 0.977. The van der Waals surface area contributed by atoms with Crippen molar-refractivity contribution in [3.05, 3.63) is 39.7 Å². The second kappa shape index (κ2) is 5.19. The van der Waals surface area contributed by atoms with Crippen molar-refractivity contribution in [3.8, 4) is 0 Å². The van der Waals surface area contributed by atoms with Crippen LogP contribution in [0.2, 0.25) is 15.5 Å². The molecule has 0 amide bonds. The third kappa shape index (κ3) is 2.77. The van der Waals surface area contributed by atoms with Crippen molar-refractivity contribution in [2.75, 3.05) is 0 Å². The van der Waals surface area contributed by atoms with Gasteiger partial charge in [-0.05, 0) is 23.7 Å². The first-order chi connectivity index (χ1) is 7.66. The Hall–Kier alpha value is -0.550. The first kappa shape index (κ1) is 11.9. The van der Waals surface area contributed by atoms with Gasteiger partial charge >= 0.3 is 0 Å². The first-order valence-electron chi connectivity index (χ1n) is 4.15. The number of hydrogen-bond donors (Lipinski definition) is 0. The molecule has 0 saturated heterocycles. The molecule has 0 atom stereocenters. The lowest BCUT2D eigenvalue weighted by Gasteiger charge is -2.03. The molecule has 0 N–H and O–H groups in total. The molecule has 0 radical (unpaired) electrons. The third-order valence-corrected chi connectivity index (χ3v) is 3.66. The van der Waals surface area contributed by atoms with Crippen molar-refractivity contribution in [1.29, 1.82) is 0 Å². The summed E-state index contributed by atoms with van der Waals surface area (Å²) in [6.07, 6.45) is 0. The van der Waals surface area contributed by atoms with Gasteiger partial charge in [0.1, 0.15) is 5.03 Å². The molecule has 16 heavy (non-hydrogen) atoms. The number of aromatic nitrogens is 3. The van der Waals surface area contributed by atoms with Crippen LogP contribution >= 0.6 is 46.6 Å². The van der Waals surface area contributed by atoms with E-state index in [0.29, 0.717) is 10.0 Å². The fraction of sp³-hybridized carbons (Fsp3) is 0. The topological polar surface area (TPSA) is 38.7 Å². The van der Waals surface area contributed by atoms with Crippen LogP contribution in [-0.2, 0) is 0 Å². The second-order valence-corrected chi connectivity index (χ2v) is 4.84. The van der Waals surface area contributed by atoms with Gasteiger partial charge in [0.25, 0.3) is 0 Å². The predicted molar refractivity (Wildman–Crippen MR) is 65.4 cm³/mol. The molecule has 1 aromatic heterocycles. The lowest BCUT2D eigenvalue weighted by atomic mass is 10.4. The molecule has 1 aromatic carbocycles. The molecule has 0 bridgehead atoms. The number of nitrogens with zero attached hydrogens (tertiary/aromatic N) is 3.